The van der Waals surface area contributed by atoms with Gasteiger partial charge in [-0.25, -0.2) is 8.42 Å². The van der Waals surface area contributed by atoms with Crippen LogP contribution in [0.25, 0.3) is 10.8 Å². The van der Waals surface area contributed by atoms with Crippen LogP contribution in [0.5, 0.6) is 5.75 Å². The van der Waals surface area contributed by atoms with Gasteiger partial charge in [-0.2, -0.15) is 4.31 Å². The van der Waals surface area contributed by atoms with E-state index in [1.807, 2.05) is 0 Å². The largest absolute Gasteiger partial charge is 0.506 e. The van der Waals surface area contributed by atoms with Gasteiger partial charge >= 0.3 is 0 Å². The van der Waals surface area contributed by atoms with Crippen LogP contribution in [-0.2, 0) is 10.0 Å². The molecule has 0 aliphatic carbocycles. The predicted molar refractivity (Wildman–Crippen MR) is 79.7 cm³/mol. The first-order valence-electron chi connectivity index (χ1n) is 6.87. The lowest BCUT2D eigenvalue weighted by atomic mass is 10.2. The highest BCUT2D eigenvalue weighted by Crippen LogP contribution is 2.31. The molecule has 1 aromatic heterocycles. The Morgan fingerprint density at radius 3 is 2.90 bits per heavy atom. The number of pyridine rings is 1. The molecule has 0 unspecified atom stereocenters. The topological polar surface area (TPSA) is 82.5 Å². The van der Waals surface area contributed by atoms with Crippen molar-refractivity contribution in [3.8, 4) is 5.75 Å². The summed E-state index contributed by atoms with van der Waals surface area (Å²) in [7, 11) is -3.63. The van der Waals surface area contributed by atoms with E-state index in [0.717, 1.165) is 13.0 Å². The zero-order chi connectivity index (χ0) is 14.9. The van der Waals surface area contributed by atoms with E-state index in [1.54, 1.807) is 18.3 Å². The van der Waals surface area contributed by atoms with Crippen molar-refractivity contribution < 1.29 is 13.5 Å². The van der Waals surface area contributed by atoms with Crippen LogP contribution in [0, 0.1) is 0 Å². The molecule has 0 saturated carbocycles. The van der Waals surface area contributed by atoms with Crippen LogP contribution in [0.1, 0.15) is 6.42 Å². The van der Waals surface area contributed by atoms with E-state index in [-0.39, 0.29) is 10.6 Å². The first kappa shape index (κ1) is 14.2. The molecule has 0 amide bonds. The number of aromatic nitrogens is 1. The molecule has 7 heteroatoms. The maximum atomic E-state index is 12.9. The fourth-order valence-corrected chi connectivity index (χ4v) is 4.31. The second-order valence-corrected chi connectivity index (χ2v) is 6.93. The molecule has 0 spiro atoms. The highest BCUT2D eigenvalue weighted by Gasteiger charge is 2.27. The summed E-state index contributed by atoms with van der Waals surface area (Å²) in [4.78, 5) is 4.04. The summed E-state index contributed by atoms with van der Waals surface area (Å²) in [6, 6.07) is 4.95. The number of fused-ring (bicyclic) bond motifs is 1. The highest BCUT2D eigenvalue weighted by molar-refractivity contribution is 7.89. The number of nitrogens with one attached hydrogen (secondary N) is 1. The lowest BCUT2D eigenvalue weighted by Crippen LogP contribution is -2.34. The van der Waals surface area contributed by atoms with Crippen molar-refractivity contribution in [1.82, 2.24) is 14.6 Å². The SMILES string of the molecule is O=S(=O)(c1cccc2cncc(O)c12)N1CCCNCC1. The normalized spacial score (nSPS) is 17.7. The van der Waals surface area contributed by atoms with Gasteiger partial charge in [-0.05, 0) is 19.0 Å². The quantitative estimate of drug-likeness (QED) is 0.862. The van der Waals surface area contributed by atoms with Crippen molar-refractivity contribution in [2.24, 2.45) is 0 Å². The highest BCUT2D eigenvalue weighted by atomic mass is 32.2. The minimum atomic E-state index is -3.63. The Labute approximate surface area is 123 Å². The minimum Gasteiger partial charge on any atom is -0.506 e. The van der Waals surface area contributed by atoms with E-state index >= 15 is 0 Å². The van der Waals surface area contributed by atoms with Crippen LogP contribution in [0.2, 0.25) is 0 Å². The predicted octanol–water partition coefficient (Wildman–Crippen LogP) is 0.924. The molecule has 21 heavy (non-hydrogen) atoms. The van der Waals surface area contributed by atoms with Crippen LogP contribution in [0.15, 0.2) is 35.5 Å². The summed E-state index contributed by atoms with van der Waals surface area (Å²) in [6.07, 6.45) is 3.60. The van der Waals surface area contributed by atoms with Gasteiger partial charge < -0.3 is 10.4 Å². The molecular weight excluding hydrogens is 290 g/mol. The fraction of sp³-hybridized carbons (Fsp3) is 0.357. The summed E-state index contributed by atoms with van der Waals surface area (Å²) in [5.74, 6) is -0.111. The molecule has 3 rings (SSSR count). The molecule has 2 N–H and O–H groups in total. The number of sulfonamides is 1. The Bertz CT molecular complexity index is 748. The molecule has 1 aromatic carbocycles. The molecule has 2 heterocycles. The molecule has 0 bridgehead atoms. The number of aromatic hydroxyl groups is 1. The van der Waals surface area contributed by atoms with E-state index in [2.05, 4.69) is 10.3 Å². The van der Waals surface area contributed by atoms with Gasteiger partial charge in [-0.3, -0.25) is 4.98 Å². The third-order valence-corrected chi connectivity index (χ3v) is 5.58. The Morgan fingerprint density at radius 2 is 2.05 bits per heavy atom. The fourth-order valence-electron chi connectivity index (χ4n) is 2.60. The second-order valence-electron chi connectivity index (χ2n) is 5.02. The summed E-state index contributed by atoms with van der Waals surface area (Å²) >= 11 is 0. The molecule has 1 saturated heterocycles. The molecule has 1 fully saturated rings. The van der Waals surface area contributed by atoms with Crippen LogP contribution >= 0.6 is 0 Å². The standard InChI is InChI=1S/C14H17N3O3S/c18-12-10-16-9-11-3-1-4-13(14(11)12)21(19,20)17-7-2-5-15-6-8-17/h1,3-4,9-10,15,18H,2,5-8H2. The molecule has 1 aliphatic rings. The summed E-state index contributed by atoms with van der Waals surface area (Å²) < 4.78 is 27.2. The third kappa shape index (κ3) is 2.59. The molecular formula is C14H17N3O3S. The zero-order valence-corrected chi connectivity index (χ0v) is 12.3. The van der Waals surface area contributed by atoms with Gasteiger partial charge in [0.05, 0.1) is 11.1 Å². The number of hydrogen-bond donors (Lipinski definition) is 2. The Kier molecular flexibility index (Phi) is 3.79. The molecule has 112 valence electrons. The lowest BCUT2D eigenvalue weighted by molar-refractivity contribution is 0.432. The monoisotopic (exact) mass is 307 g/mol. The number of nitrogens with zero attached hydrogens (tertiary/aromatic N) is 2. The maximum Gasteiger partial charge on any atom is 0.243 e. The van der Waals surface area contributed by atoms with Crippen molar-refractivity contribution in [1.29, 1.82) is 0 Å². The smallest absolute Gasteiger partial charge is 0.243 e. The number of benzene rings is 1. The lowest BCUT2D eigenvalue weighted by Gasteiger charge is -2.20. The van der Waals surface area contributed by atoms with Crippen molar-refractivity contribution in [2.75, 3.05) is 26.2 Å². The Morgan fingerprint density at radius 1 is 1.19 bits per heavy atom. The van der Waals surface area contributed by atoms with Gasteiger partial charge in [-0.1, -0.05) is 12.1 Å². The zero-order valence-electron chi connectivity index (χ0n) is 11.5. The van der Waals surface area contributed by atoms with Crippen LogP contribution in [-0.4, -0.2) is 49.0 Å². The molecule has 6 nitrogen and oxygen atoms in total. The van der Waals surface area contributed by atoms with E-state index in [0.29, 0.717) is 30.4 Å². The van der Waals surface area contributed by atoms with Crippen molar-refractivity contribution >= 4 is 20.8 Å². The summed E-state index contributed by atoms with van der Waals surface area (Å²) in [5.41, 5.74) is 0. The summed E-state index contributed by atoms with van der Waals surface area (Å²) in [5, 5.41) is 14.1. The van der Waals surface area contributed by atoms with Gasteiger partial charge in [0.25, 0.3) is 0 Å². The third-order valence-electron chi connectivity index (χ3n) is 3.64. The molecule has 2 aromatic rings. The number of rotatable bonds is 2. The molecule has 1 aliphatic heterocycles. The summed E-state index contributed by atoms with van der Waals surface area (Å²) in [6.45, 7) is 2.37. The van der Waals surface area contributed by atoms with Crippen molar-refractivity contribution in [3.63, 3.8) is 0 Å². The van der Waals surface area contributed by atoms with Gasteiger partial charge in [0.2, 0.25) is 10.0 Å². The maximum absolute atomic E-state index is 12.9. The van der Waals surface area contributed by atoms with Crippen LogP contribution in [0.3, 0.4) is 0 Å². The molecule has 0 radical (unpaired) electrons. The number of hydrogen-bond acceptors (Lipinski definition) is 5. The first-order valence-corrected chi connectivity index (χ1v) is 8.31. The van der Waals surface area contributed by atoms with Gasteiger partial charge in [0.1, 0.15) is 5.75 Å². The van der Waals surface area contributed by atoms with Gasteiger partial charge in [0, 0.05) is 36.6 Å². The van der Waals surface area contributed by atoms with Gasteiger partial charge in [-0.15, -0.1) is 0 Å². The average molecular weight is 307 g/mol. The van der Waals surface area contributed by atoms with E-state index in [9.17, 15) is 13.5 Å². The first-order chi connectivity index (χ1) is 10.1. The molecule has 0 atom stereocenters. The second kappa shape index (κ2) is 5.59. The van der Waals surface area contributed by atoms with Crippen LogP contribution < -0.4 is 5.32 Å². The Hall–Kier alpha value is -1.70. The Balaban J connectivity index is 2.14. The van der Waals surface area contributed by atoms with E-state index < -0.39 is 10.0 Å². The van der Waals surface area contributed by atoms with E-state index in [4.69, 9.17) is 0 Å². The van der Waals surface area contributed by atoms with E-state index in [1.165, 1.54) is 16.6 Å². The van der Waals surface area contributed by atoms with Crippen molar-refractivity contribution in [3.05, 3.63) is 30.6 Å². The average Bonchev–Trinajstić information content (AvgIpc) is 2.76. The van der Waals surface area contributed by atoms with Crippen LogP contribution in [0.4, 0.5) is 0 Å². The van der Waals surface area contributed by atoms with Crippen molar-refractivity contribution in [2.45, 2.75) is 11.3 Å². The van der Waals surface area contributed by atoms with Gasteiger partial charge in [0.15, 0.2) is 0 Å². The minimum absolute atomic E-state index is 0.111.